The van der Waals surface area contributed by atoms with E-state index in [1.165, 1.54) is 185 Å². The van der Waals surface area contributed by atoms with E-state index in [1.807, 2.05) is 0 Å². The fourth-order valence-corrected chi connectivity index (χ4v) is 18.2. The van der Waals surface area contributed by atoms with E-state index in [1.54, 1.807) is 0 Å². The molecule has 0 atom stereocenters. The second-order valence-corrected chi connectivity index (χ2v) is 28.8. The van der Waals surface area contributed by atoms with Crippen LogP contribution in [0.15, 0.2) is 373 Å². The maximum absolute atomic E-state index is 6.66. The predicted octanol–water partition coefficient (Wildman–Crippen LogP) is 29.8. The lowest BCUT2D eigenvalue weighted by Crippen LogP contribution is -1.91. The molecule has 0 spiro atoms. The Morgan fingerprint density at radius 1 is 0.123 bits per heavy atom. The quantitative estimate of drug-likeness (QED) is 0.117. The van der Waals surface area contributed by atoms with E-state index in [4.69, 9.17) is 8.83 Å². The van der Waals surface area contributed by atoms with Gasteiger partial charge in [-0.15, -0.1) is 0 Å². The van der Waals surface area contributed by atoms with Crippen LogP contribution in [0.4, 0.5) is 0 Å². The van der Waals surface area contributed by atoms with Gasteiger partial charge in [0.1, 0.15) is 22.3 Å². The van der Waals surface area contributed by atoms with Crippen molar-refractivity contribution in [2.75, 3.05) is 0 Å². The Labute approximate surface area is 609 Å². The molecule has 0 radical (unpaired) electrons. The second-order valence-electron chi connectivity index (χ2n) is 28.8. The van der Waals surface area contributed by atoms with Crippen LogP contribution in [0.3, 0.4) is 0 Å². The Kier molecular flexibility index (Phi) is 12.6. The minimum Gasteiger partial charge on any atom is -0.456 e. The summed E-state index contributed by atoms with van der Waals surface area (Å²) in [6.45, 7) is 0. The van der Waals surface area contributed by atoms with Crippen LogP contribution in [0, 0.1) is 0 Å². The lowest BCUT2D eigenvalue weighted by Gasteiger charge is -2.18. The fraction of sp³-hybridized carbons (Fsp3) is 0. The van der Waals surface area contributed by atoms with Gasteiger partial charge in [-0.3, -0.25) is 0 Å². The summed E-state index contributed by atoms with van der Waals surface area (Å²) in [4.78, 5) is 0. The summed E-state index contributed by atoms with van der Waals surface area (Å²) in [5.74, 6) is 0. The van der Waals surface area contributed by atoms with Gasteiger partial charge in [-0.05, 0) is 269 Å². The van der Waals surface area contributed by atoms with Crippen LogP contribution in [-0.4, -0.2) is 0 Å². The Morgan fingerprint density at radius 2 is 0.387 bits per heavy atom. The molecule has 106 heavy (non-hydrogen) atoms. The van der Waals surface area contributed by atoms with Crippen molar-refractivity contribution in [1.29, 1.82) is 0 Å². The fourth-order valence-electron chi connectivity index (χ4n) is 18.2. The summed E-state index contributed by atoms with van der Waals surface area (Å²) in [6, 6.07) is 135. The number of fused-ring (bicyclic) bond motifs is 21. The predicted molar refractivity (Wildman–Crippen MR) is 452 cm³/mol. The third-order valence-electron chi connectivity index (χ3n) is 23.1. The van der Waals surface area contributed by atoms with Gasteiger partial charge in [-0.1, -0.05) is 291 Å². The summed E-state index contributed by atoms with van der Waals surface area (Å²) in [5.41, 5.74) is 20.3. The van der Waals surface area contributed by atoms with Crippen molar-refractivity contribution < 1.29 is 8.83 Å². The van der Waals surface area contributed by atoms with Gasteiger partial charge in [0.05, 0.1) is 0 Å². The largest absolute Gasteiger partial charge is 0.456 e. The average molecular weight is 1340 g/mol. The highest BCUT2D eigenvalue weighted by Gasteiger charge is 2.23. The molecule has 0 saturated heterocycles. The number of hydrogen-bond donors (Lipinski definition) is 0. The molecule has 0 unspecified atom stereocenters. The lowest BCUT2D eigenvalue weighted by atomic mass is 9.85. The molecule has 23 rings (SSSR count). The summed E-state index contributed by atoms with van der Waals surface area (Å²) < 4.78 is 13.3. The highest BCUT2D eigenvalue weighted by Crippen LogP contribution is 2.50. The van der Waals surface area contributed by atoms with Gasteiger partial charge < -0.3 is 8.83 Å². The zero-order valence-corrected chi connectivity index (χ0v) is 57.5. The van der Waals surface area contributed by atoms with Crippen molar-refractivity contribution >= 4 is 162 Å². The molecule has 0 amide bonds. The van der Waals surface area contributed by atoms with Crippen LogP contribution in [0.25, 0.3) is 240 Å². The van der Waals surface area contributed by atoms with Gasteiger partial charge in [-0.2, -0.15) is 0 Å². The molecule has 2 heterocycles. The topological polar surface area (TPSA) is 26.3 Å². The summed E-state index contributed by atoms with van der Waals surface area (Å²) in [7, 11) is 0. The van der Waals surface area contributed by atoms with Crippen molar-refractivity contribution in [1.82, 2.24) is 0 Å². The van der Waals surface area contributed by atoms with E-state index in [0.717, 1.165) is 55.0 Å². The first-order valence-electron chi connectivity index (χ1n) is 36.7. The zero-order valence-electron chi connectivity index (χ0n) is 57.5. The lowest BCUT2D eigenvalue weighted by molar-refractivity contribution is 0.669. The Morgan fingerprint density at radius 3 is 0.802 bits per heavy atom. The molecule has 0 fully saturated rings. The SMILES string of the molecule is c1ccc2cc3c(cc2c1)oc1cc(-c2c4ccccc4c(-c4ccc(-c5ccc6c7ccccc7c7ccc(-c8ccc9c(-c%10ccc(-c%11c%12ccccc%12c(-c%12ccc%13c(c%12)oc%12cc%14ccccc%14cc%12%13)c%12ccccc%11%12)cc%10)cc%10ccccc%10c9c8)cc7c6c5)cc4)c4ccccc24)ccc13. The molecule has 0 bridgehead atoms. The van der Waals surface area contributed by atoms with Crippen molar-refractivity contribution in [3.05, 3.63) is 364 Å². The highest BCUT2D eigenvalue weighted by molar-refractivity contribution is 6.28. The minimum absolute atomic E-state index is 0.894. The van der Waals surface area contributed by atoms with Crippen molar-refractivity contribution in [3.63, 3.8) is 0 Å². The first kappa shape index (κ1) is 58.7. The van der Waals surface area contributed by atoms with E-state index in [-0.39, 0.29) is 0 Å². The highest BCUT2D eigenvalue weighted by atomic mass is 16.3. The number of furan rings is 2. The van der Waals surface area contributed by atoms with Crippen LogP contribution < -0.4 is 0 Å². The normalized spacial score (nSPS) is 12.2. The van der Waals surface area contributed by atoms with Crippen LogP contribution in [0.5, 0.6) is 0 Å². The molecule has 2 aromatic heterocycles. The maximum atomic E-state index is 6.66. The summed E-state index contributed by atoms with van der Waals surface area (Å²) >= 11 is 0. The molecule has 2 heteroatoms. The van der Waals surface area contributed by atoms with Gasteiger partial charge in [0, 0.05) is 21.5 Å². The van der Waals surface area contributed by atoms with E-state index in [2.05, 4.69) is 364 Å². The molecule has 0 aliphatic carbocycles. The van der Waals surface area contributed by atoms with Gasteiger partial charge in [0.15, 0.2) is 0 Å². The number of rotatable bonds is 7. The van der Waals surface area contributed by atoms with Crippen molar-refractivity contribution in [3.8, 4) is 77.9 Å². The van der Waals surface area contributed by atoms with E-state index in [9.17, 15) is 0 Å². The van der Waals surface area contributed by atoms with E-state index >= 15 is 0 Å². The number of benzene rings is 21. The van der Waals surface area contributed by atoms with E-state index < -0.39 is 0 Å². The Balaban J connectivity index is 0.602. The first-order valence-corrected chi connectivity index (χ1v) is 36.7. The molecular weight excluding hydrogens is 1280 g/mol. The van der Waals surface area contributed by atoms with Gasteiger partial charge in [0.2, 0.25) is 0 Å². The molecule has 2 nitrogen and oxygen atoms in total. The van der Waals surface area contributed by atoms with Gasteiger partial charge in [-0.25, -0.2) is 0 Å². The molecule has 0 saturated carbocycles. The molecule has 488 valence electrons. The Hall–Kier alpha value is -13.9. The summed E-state index contributed by atoms with van der Waals surface area (Å²) in [6.07, 6.45) is 0. The van der Waals surface area contributed by atoms with E-state index in [0.29, 0.717) is 0 Å². The second kappa shape index (κ2) is 22.8. The van der Waals surface area contributed by atoms with Crippen LogP contribution in [-0.2, 0) is 0 Å². The molecular formula is C104H60O2. The Bertz CT molecular complexity index is 7620. The molecule has 23 aromatic rings. The molecule has 21 aromatic carbocycles. The maximum Gasteiger partial charge on any atom is 0.136 e. The van der Waals surface area contributed by atoms with Crippen molar-refractivity contribution in [2.45, 2.75) is 0 Å². The van der Waals surface area contributed by atoms with Gasteiger partial charge >= 0.3 is 0 Å². The summed E-state index contributed by atoms with van der Waals surface area (Å²) in [5, 5.41) is 31.4. The van der Waals surface area contributed by atoms with Crippen LogP contribution in [0.1, 0.15) is 0 Å². The smallest absolute Gasteiger partial charge is 0.136 e. The third-order valence-corrected chi connectivity index (χ3v) is 23.1. The molecule has 0 N–H and O–H groups in total. The first-order chi connectivity index (χ1) is 52.5. The molecule has 0 aliphatic rings. The van der Waals surface area contributed by atoms with Crippen LogP contribution >= 0.6 is 0 Å². The average Bonchev–Trinajstić information content (AvgIpc) is 0.815. The van der Waals surface area contributed by atoms with Crippen molar-refractivity contribution in [2.24, 2.45) is 0 Å². The van der Waals surface area contributed by atoms with Gasteiger partial charge in [0.25, 0.3) is 0 Å². The standard InChI is InChI=1S/C104H60O2/c1-3-19-67-57-99-95(54-65(67)17-1)81-49-44-73(59-97(81)105-99)103-87-29-13-9-25-83(87)101(84-26-10-14-30-88(84)103)63-37-33-61(34-38-63)69-41-46-78-76-23-7-8-24-77(76)79-47-42-71(53-94(79)93(78)51-69)70-43-48-80-91(56-72-21-5-6-22-75(72)92(80)52-70)62-35-39-64(40-36-62)102-85-27-11-15-31-89(85)104(90-32-16-12-28-86(90)102)74-45-50-82-96-55-66-18-2-4-20-68(66)58-100(96)106-98(82)60-74/h1-60H. The monoisotopic (exact) mass is 1340 g/mol. The van der Waals surface area contributed by atoms with Crippen LogP contribution in [0.2, 0.25) is 0 Å². The zero-order chi connectivity index (χ0) is 69.2. The minimum atomic E-state index is 0.894. The third kappa shape index (κ3) is 8.92. The number of hydrogen-bond acceptors (Lipinski definition) is 2. The molecule has 0 aliphatic heterocycles.